The third-order valence-corrected chi connectivity index (χ3v) is 4.58. The lowest BCUT2D eigenvalue weighted by atomic mass is 10.1. The van der Waals surface area contributed by atoms with Gasteiger partial charge in [0.05, 0.1) is 25.0 Å². The van der Waals surface area contributed by atoms with Gasteiger partial charge in [0.1, 0.15) is 0 Å². The summed E-state index contributed by atoms with van der Waals surface area (Å²) in [6.07, 6.45) is 3.43. The highest BCUT2D eigenvalue weighted by molar-refractivity contribution is 5.92. The second kappa shape index (κ2) is 6.55. The van der Waals surface area contributed by atoms with Crippen LogP contribution in [0.3, 0.4) is 0 Å². The molecule has 0 amide bonds. The number of methoxy groups -OCH3 is 1. The van der Waals surface area contributed by atoms with Gasteiger partial charge >= 0.3 is 0 Å². The number of benzene rings is 1. The first-order valence-corrected chi connectivity index (χ1v) is 8.47. The molecule has 2 aromatic heterocycles. The zero-order valence-electron chi connectivity index (χ0n) is 14.5. The molecular weight excluding hydrogens is 314 g/mol. The number of hydrogen-bond donors (Lipinski definition) is 0. The van der Waals surface area contributed by atoms with Gasteiger partial charge in [0.25, 0.3) is 0 Å². The molecule has 25 heavy (non-hydrogen) atoms. The maximum absolute atomic E-state index is 5.18. The first-order chi connectivity index (χ1) is 12.2. The summed E-state index contributed by atoms with van der Waals surface area (Å²) < 4.78 is 5.18. The lowest BCUT2D eigenvalue weighted by Gasteiger charge is -2.37. The molecule has 0 unspecified atom stereocenters. The third-order valence-electron chi connectivity index (χ3n) is 4.58. The van der Waals surface area contributed by atoms with E-state index in [-0.39, 0.29) is 0 Å². The van der Waals surface area contributed by atoms with E-state index in [1.54, 1.807) is 19.5 Å². The number of piperazine rings is 1. The molecule has 0 saturated carbocycles. The number of ether oxygens (including phenoxy) is 1. The van der Waals surface area contributed by atoms with Crippen LogP contribution in [-0.4, -0.2) is 48.2 Å². The van der Waals surface area contributed by atoms with Crippen LogP contribution >= 0.6 is 0 Å². The largest absolute Gasteiger partial charge is 0.480 e. The van der Waals surface area contributed by atoms with Crippen molar-refractivity contribution in [2.75, 3.05) is 43.1 Å². The fraction of sp³-hybridized carbons (Fsp3) is 0.316. The summed E-state index contributed by atoms with van der Waals surface area (Å²) in [7, 11) is 1.61. The quantitative estimate of drug-likeness (QED) is 0.733. The fourth-order valence-electron chi connectivity index (χ4n) is 3.31. The fourth-order valence-corrected chi connectivity index (χ4v) is 3.31. The number of aryl methyl sites for hydroxylation is 1. The number of anilines is 2. The molecule has 0 atom stereocenters. The smallest absolute Gasteiger partial charge is 0.233 e. The second-order valence-electron chi connectivity index (χ2n) is 6.19. The van der Waals surface area contributed by atoms with Gasteiger partial charge in [-0.05, 0) is 19.1 Å². The molecule has 0 N–H and O–H groups in total. The third kappa shape index (κ3) is 3.07. The van der Waals surface area contributed by atoms with Gasteiger partial charge in [-0.1, -0.05) is 18.2 Å². The van der Waals surface area contributed by atoms with Crippen LogP contribution in [0.4, 0.5) is 11.5 Å². The molecule has 3 heterocycles. The zero-order chi connectivity index (χ0) is 17.2. The lowest BCUT2D eigenvalue weighted by molar-refractivity contribution is 0.395. The number of aromatic nitrogens is 3. The van der Waals surface area contributed by atoms with Crippen molar-refractivity contribution in [3.8, 4) is 5.88 Å². The van der Waals surface area contributed by atoms with Crippen molar-refractivity contribution in [2.24, 2.45) is 0 Å². The summed E-state index contributed by atoms with van der Waals surface area (Å²) in [5, 5.41) is 1.21. The number of nitrogens with zero attached hydrogens (tertiary/aromatic N) is 5. The Hall–Kier alpha value is -2.89. The van der Waals surface area contributed by atoms with E-state index in [0.29, 0.717) is 5.88 Å². The summed E-state index contributed by atoms with van der Waals surface area (Å²) >= 11 is 0. The Balaban J connectivity index is 1.56. The minimum absolute atomic E-state index is 0.552. The van der Waals surface area contributed by atoms with Crippen molar-refractivity contribution in [3.63, 3.8) is 0 Å². The lowest BCUT2D eigenvalue weighted by Crippen LogP contribution is -2.47. The molecule has 0 spiro atoms. The molecular formula is C19H21N5O. The standard InChI is InChI=1S/C19H21N5O/c1-14-11-17(15-5-3-4-6-16(15)21-14)23-7-9-24(10-8-23)18-12-20-13-19(22-18)25-2/h3-6,11-13H,7-10H2,1-2H3. The summed E-state index contributed by atoms with van der Waals surface area (Å²) in [4.78, 5) is 18.0. The second-order valence-corrected chi connectivity index (χ2v) is 6.19. The van der Waals surface area contributed by atoms with E-state index in [0.717, 1.165) is 43.2 Å². The maximum Gasteiger partial charge on any atom is 0.233 e. The molecule has 1 aliphatic rings. The van der Waals surface area contributed by atoms with Gasteiger partial charge in [-0.3, -0.25) is 9.97 Å². The molecule has 3 aromatic rings. The van der Waals surface area contributed by atoms with Crippen molar-refractivity contribution in [2.45, 2.75) is 6.92 Å². The van der Waals surface area contributed by atoms with Gasteiger partial charge in [-0.2, -0.15) is 4.98 Å². The van der Waals surface area contributed by atoms with E-state index in [1.807, 2.05) is 6.07 Å². The Bertz CT molecular complexity index is 890. The van der Waals surface area contributed by atoms with Gasteiger partial charge in [-0.15, -0.1) is 0 Å². The van der Waals surface area contributed by atoms with Crippen LogP contribution in [0.1, 0.15) is 5.69 Å². The Morgan fingerprint density at radius 1 is 0.960 bits per heavy atom. The van der Waals surface area contributed by atoms with Gasteiger partial charge in [-0.25, -0.2) is 0 Å². The Morgan fingerprint density at radius 3 is 2.52 bits per heavy atom. The van der Waals surface area contributed by atoms with E-state index in [2.05, 4.69) is 55.9 Å². The van der Waals surface area contributed by atoms with Gasteiger partial charge in [0.2, 0.25) is 5.88 Å². The monoisotopic (exact) mass is 335 g/mol. The van der Waals surface area contributed by atoms with Crippen LogP contribution in [0, 0.1) is 6.92 Å². The average Bonchev–Trinajstić information content (AvgIpc) is 2.67. The number of para-hydroxylation sites is 1. The maximum atomic E-state index is 5.18. The predicted octanol–water partition coefficient (Wildman–Crippen LogP) is 2.67. The molecule has 0 bridgehead atoms. The van der Waals surface area contributed by atoms with E-state index in [4.69, 9.17) is 4.74 Å². The van der Waals surface area contributed by atoms with Crippen molar-refractivity contribution < 1.29 is 4.74 Å². The van der Waals surface area contributed by atoms with Crippen molar-refractivity contribution in [1.29, 1.82) is 0 Å². The van der Waals surface area contributed by atoms with Crippen LogP contribution in [0.2, 0.25) is 0 Å². The topological polar surface area (TPSA) is 54.4 Å². The summed E-state index contributed by atoms with van der Waals surface area (Å²) in [6, 6.07) is 10.5. The Morgan fingerprint density at radius 2 is 1.72 bits per heavy atom. The van der Waals surface area contributed by atoms with Gasteiger partial charge in [0.15, 0.2) is 5.82 Å². The summed E-state index contributed by atoms with van der Waals surface area (Å²) in [6.45, 7) is 5.73. The van der Waals surface area contributed by atoms with E-state index >= 15 is 0 Å². The van der Waals surface area contributed by atoms with Crippen molar-refractivity contribution in [3.05, 3.63) is 48.4 Å². The van der Waals surface area contributed by atoms with Crippen molar-refractivity contribution in [1.82, 2.24) is 15.0 Å². The minimum Gasteiger partial charge on any atom is -0.480 e. The summed E-state index contributed by atoms with van der Waals surface area (Å²) in [5.41, 5.74) is 3.37. The zero-order valence-corrected chi connectivity index (χ0v) is 14.5. The van der Waals surface area contributed by atoms with Gasteiger partial charge < -0.3 is 14.5 Å². The number of hydrogen-bond acceptors (Lipinski definition) is 6. The van der Waals surface area contributed by atoms with Crippen LogP contribution < -0.4 is 14.5 Å². The molecule has 1 aromatic carbocycles. The van der Waals surface area contributed by atoms with E-state index in [1.165, 1.54) is 11.1 Å². The highest BCUT2D eigenvalue weighted by Crippen LogP contribution is 2.28. The molecule has 6 nitrogen and oxygen atoms in total. The Kier molecular flexibility index (Phi) is 4.09. The molecule has 128 valence electrons. The van der Waals surface area contributed by atoms with E-state index < -0.39 is 0 Å². The van der Waals surface area contributed by atoms with Crippen LogP contribution in [-0.2, 0) is 0 Å². The first-order valence-electron chi connectivity index (χ1n) is 8.47. The van der Waals surface area contributed by atoms with Crippen LogP contribution in [0.5, 0.6) is 5.88 Å². The van der Waals surface area contributed by atoms with Crippen LogP contribution in [0.25, 0.3) is 10.9 Å². The summed E-state index contributed by atoms with van der Waals surface area (Å²) in [5.74, 6) is 1.42. The molecule has 6 heteroatoms. The molecule has 0 radical (unpaired) electrons. The first kappa shape index (κ1) is 15.6. The highest BCUT2D eigenvalue weighted by atomic mass is 16.5. The molecule has 4 rings (SSSR count). The minimum atomic E-state index is 0.552. The number of fused-ring (bicyclic) bond motifs is 1. The van der Waals surface area contributed by atoms with E-state index in [9.17, 15) is 0 Å². The van der Waals surface area contributed by atoms with Gasteiger partial charge in [0, 0.05) is 42.9 Å². The number of rotatable bonds is 3. The van der Waals surface area contributed by atoms with Crippen molar-refractivity contribution >= 4 is 22.4 Å². The molecule has 1 fully saturated rings. The Labute approximate surface area is 147 Å². The van der Waals surface area contributed by atoms with Crippen LogP contribution in [0.15, 0.2) is 42.7 Å². The SMILES string of the molecule is COc1cncc(N2CCN(c3cc(C)nc4ccccc34)CC2)n1. The average molecular weight is 335 g/mol. The molecule has 1 saturated heterocycles. The molecule has 1 aliphatic heterocycles. The normalized spacial score (nSPS) is 14.8. The molecule has 0 aliphatic carbocycles. The number of pyridine rings is 1. The predicted molar refractivity (Wildman–Crippen MR) is 99.5 cm³/mol. The highest BCUT2D eigenvalue weighted by Gasteiger charge is 2.20.